The van der Waals surface area contributed by atoms with Crippen molar-refractivity contribution in [3.05, 3.63) is 93.5 Å². The normalized spacial score (nSPS) is 9.15. The van der Waals surface area contributed by atoms with E-state index in [-0.39, 0.29) is 60.7 Å². The molecule has 0 bridgehead atoms. The van der Waals surface area contributed by atoms with Gasteiger partial charge in [-0.15, -0.1) is 0 Å². The van der Waals surface area contributed by atoms with Gasteiger partial charge in [0, 0.05) is 12.4 Å². The van der Waals surface area contributed by atoms with Gasteiger partial charge < -0.3 is 65.7 Å². The molecule has 0 aromatic heterocycles. The molecule has 40 heavy (non-hydrogen) atoms. The van der Waals surface area contributed by atoms with Crippen LogP contribution >= 0.6 is 0 Å². The van der Waals surface area contributed by atoms with Crippen LogP contribution in [0.5, 0.6) is 23.0 Å². The molecule has 0 saturated heterocycles. The minimum Gasteiger partial charge on any atom is -0.870 e. The smallest absolute Gasteiger partial charge is 0.870 e. The first-order valence-electron chi connectivity index (χ1n) is 10.2. The van der Waals surface area contributed by atoms with Gasteiger partial charge in [0.05, 0.1) is 41.6 Å². The molecule has 0 heterocycles. The molecule has 2 rings (SSSR count). The Bertz CT molecular complexity index is 971. The second-order valence-electron chi connectivity index (χ2n) is 5.96. The maximum Gasteiger partial charge on any atom is 3.00 e. The molecule has 20 heteroatoms. The van der Waals surface area contributed by atoms with Crippen molar-refractivity contribution < 1.29 is 84.1 Å². The number of para-hydroxylation sites is 2. The van der Waals surface area contributed by atoms with Crippen LogP contribution in [0.1, 0.15) is 25.0 Å². The molecule has 0 fully saturated rings. The van der Waals surface area contributed by atoms with Crippen LogP contribution in [-0.2, 0) is 49.2 Å². The molecule has 18 nitrogen and oxygen atoms in total. The van der Waals surface area contributed by atoms with E-state index in [2.05, 4.69) is 9.98 Å². The zero-order chi connectivity index (χ0) is 29.5. The van der Waals surface area contributed by atoms with Gasteiger partial charge in [0.15, 0.2) is 0 Å². The first-order valence-corrected chi connectivity index (χ1v) is 10.2. The number of aliphatic imine (C=N–C) groups is 2. The third-order valence-corrected chi connectivity index (χ3v) is 3.44. The molecule has 0 aliphatic rings. The first kappa shape index (κ1) is 43.2. The fourth-order valence-corrected chi connectivity index (χ4v) is 2.25. The molecule has 2 aromatic rings. The van der Waals surface area contributed by atoms with E-state index in [0.717, 1.165) is 0 Å². The molecule has 0 atom stereocenters. The Morgan fingerprint density at radius 2 is 0.950 bits per heavy atom. The van der Waals surface area contributed by atoms with Crippen LogP contribution in [0, 0.1) is 46.0 Å². The summed E-state index contributed by atoms with van der Waals surface area (Å²) in [6, 6.07) is 10.2. The summed E-state index contributed by atoms with van der Waals surface area (Å²) >= 11 is 0. The molecule has 0 N–H and O–H groups in total. The van der Waals surface area contributed by atoms with Crippen molar-refractivity contribution in [2.45, 2.75) is 13.8 Å². The minimum atomic E-state index is -1.75. The van der Waals surface area contributed by atoms with Gasteiger partial charge in [0.2, 0.25) is 0 Å². The van der Waals surface area contributed by atoms with E-state index in [1.54, 1.807) is 36.4 Å². The van der Waals surface area contributed by atoms with Crippen molar-refractivity contribution in [1.29, 1.82) is 0 Å². The topological polar surface area (TPSA) is 288 Å². The Balaban J connectivity index is -0.000000392. The summed E-state index contributed by atoms with van der Waals surface area (Å²) in [6.45, 7) is 5.36. The third-order valence-electron chi connectivity index (χ3n) is 3.44. The van der Waals surface area contributed by atoms with Crippen LogP contribution in [0.4, 0.5) is 0 Å². The van der Waals surface area contributed by atoms with Crippen molar-refractivity contribution in [1.82, 2.24) is 0 Å². The quantitative estimate of drug-likeness (QED) is 0.119. The summed E-state index contributed by atoms with van der Waals surface area (Å²) in [5.41, 5.74) is 0.956. The summed E-state index contributed by atoms with van der Waals surface area (Å²) in [6.07, 6.45) is 3.05. The van der Waals surface area contributed by atoms with Gasteiger partial charge in [-0.05, 0) is 37.1 Å². The second kappa shape index (κ2) is 26.8. The SMILES string of the molecule is CCOc1cccc(C=NCCN=Cc2cccc(OCC)c2[O-])c1[O-].O=[N+]([O-])[O-].O=[N+]([O-])[O-].O=[N+]([O-])[O-].[Ni+2].[Y+3]. The Labute approximate surface area is 262 Å². The van der Waals surface area contributed by atoms with Gasteiger partial charge in [-0.1, -0.05) is 35.8 Å². The van der Waals surface area contributed by atoms with E-state index in [0.29, 0.717) is 48.9 Å². The van der Waals surface area contributed by atoms with Gasteiger partial charge in [0.1, 0.15) is 11.5 Å². The van der Waals surface area contributed by atoms with Crippen LogP contribution in [0.2, 0.25) is 0 Å². The van der Waals surface area contributed by atoms with Crippen molar-refractivity contribution in [3.63, 3.8) is 0 Å². The van der Waals surface area contributed by atoms with E-state index < -0.39 is 15.3 Å². The van der Waals surface area contributed by atoms with Crippen molar-refractivity contribution >= 4 is 12.4 Å². The molecule has 0 amide bonds. The average molecular weight is 688 g/mol. The van der Waals surface area contributed by atoms with Crippen molar-refractivity contribution in [2.75, 3.05) is 26.3 Å². The molecule has 218 valence electrons. The number of hydrogen-bond acceptors (Lipinski definition) is 15. The molecular weight excluding hydrogens is 666 g/mol. The van der Waals surface area contributed by atoms with Crippen LogP contribution in [0.15, 0.2) is 46.4 Å². The first-order chi connectivity index (χ1) is 17.9. The molecule has 0 aliphatic heterocycles. The number of hydrogen-bond donors (Lipinski definition) is 0. The molecule has 0 radical (unpaired) electrons. The predicted molar refractivity (Wildman–Crippen MR) is 130 cm³/mol. The fourth-order valence-electron chi connectivity index (χ4n) is 2.25. The third kappa shape index (κ3) is 24.5. The molecule has 0 spiro atoms. The summed E-state index contributed by atoms with van der Waals surface area (Å²) in [5, 5.41) is 68.4. The average Bonchev–Trinajstić information content (AvgIpc) is 2.80. The monoisotopic (exact) mass is 687 g/mol. The summed E-state index contributed by atoms with van der Waals surface area (Å²) in [4.78, 5) is 33.2. The van der Waals surface area contributed by atoms with E-state index in [9.17, 15) is 10.2 Å². The maximum atomic E-state index is 12.1. The Kier molecular flexibility index (Phi) is 28.9. The molecule has 0 unspecified atom stereocenters. The Hall–Kier alpha value is -3.82. The van der Waals surface area contributed by atoms with Crippen LogP contribution in [0.25, 0.3) is 0 Å². The zero-order valence-electron chi connectivity index (χ0n) is 20.9. The number of nitrogens with zero attached hydrogens (tertiary/aromatic N) is 5. The maximum absolute atomic E-state index is 12.1. The number of rotatable bonds is 9. The summed E-state index contributed by atoms with van der Waals surface area (Å²) in [5.74, 6) is 0.300. The predicted octanol–water partition coefficient (Wildman–Crippen LogP) is 1.45. The van der Waals surface area contributed by atoms with Crippen molar-refractivity contribution in [3.8, 4) is 23.0 Å². The van der Waals surface area contributed by atoms with Gasteiger partial charge in [0.25, 0.3) is 0 Å². The van der Waals surface area contributed by atoms with E-state index >= 15 is 0 Å². The van der Waals surface area contributed by atoms with Gasteiger partial charge in [-0.3, -0.25) is 9.98 Å². The van der Waals surface area contributed by atoms with Crippen LogP contribution in [0.3, 0.4) is 0 Å². The second-order valence-corrected chi connectivity index (χ2v) is 5.96. The number of benzene rings is 2. The molecule has 0 aliphatic carbocycles. The standard InChI is InChI=1S/C20H24N2O4.3NO3.Ni.Y/c1-3-25-17-9-5-7-15(19(17)23)13-21-11-12-22-14-16-8-6-10-18(20(16)24)26-4-2;3*2-1(3)4;;/h5-10,13-14,23-24H,3-4,11-12H2,1-2H3;;;;;/q;3*-1;+2;+3/p-2. The van der Waals surface area contributed by atoms with E-state index in [1.807, 2.05) is 13.8 Å². The van der Waals surface area contributed by atoms with E-state index in [4.69, 9.17) is 55.4 Å². The number of ether oxygens (including phenoxy) is 2. The minimum absolute atomic E-state index is 0. The summed E-state index contributed by atoms with van der Waals surface area (Å²) in [7, 11) is 0. The summed E-state index contributed by atoms with van der Waals surface area (Å²) < 4.78 is 10.5. The molecule has 0 saturated carbocycles. The van der Waals surface area contributed by atoms with E-state index in [1.165, 1.54) is 12.4 Å². The van der Waals surface area contributed by atoms with Crippen molar-refractivity contribution in [2.24, 2.45) is 9.98 Å². The Morgan fingerprint density at radius 3 is 1.20 bits per heavy atom. The largest absolute Gasteiger partial charge is 3.00 e. The molecule has 2 aromatic carbocycles. The van der Waals surface area contributed by atoms with Crippen LogP contribution < -0.4 is 19.7 Å². The zero-order valence-corrected chi connectivity index (χ0v) is 24.7. The van der Waals surface area contributed by atoms with Gasteiger partial charge in [-0.2, -0.15) is 0 Å². The Morgan fingerprint density at radius 1 is 0.675 bits per heavy atom. The van der Waals surface area contributed by atoms with Gasteiger partial charge in [-0.25, -0.2) is 0 Å². The molecular formula is C20H22N5NiO13Y. The van der Waals surface area contributed by atoms with Crippen LogP contribution in [-0.4, -0.2) is 54.0 Å². The van der Waals surface area contributed by atoms with Gasteiger partial charge >= 0.3 is 49.2 Å². The fraction of sp³-hybridized carbons (Fsp3) is 0.300.